The first-order valence-electron chi connectivity index (χ1n) is 7.63. The summed E-state index contributed by atoms with van der Waals surface area (Å²) in [4.78, 5) is 2.72. The van der Waals surface area contributed by atoms with Gasteiger partial charge in [0.1, 0.15) is 0 Å². The molecule has 1 atom stereocenters. The largest absolute Gasteiger partial charge is 0.375 e. The lowest BCUT2D eigenvalue weighted by molar-refractivity contribution is -0.0868. The lowest BCUT2D eigenvalue weighted by atomic mass is 9.88. The Bertz CT molecular complexity index is 247. The van der Waals surface area contributed by atoms with Gasteiger partial charge in [-0.25, -0.2) is 0 Å². The Hall–Kier alpha value is -0.120. The normalized spacial score (nSPS) is 30.5. The van der Waals surface area contributed by atoms with Crippen LogP contribution < -0.4 is 5.32 Å². The van der Waals surface area contributed by atoms with E-state index in [9.17, 15) is 0 Å². The van der Waals surface area contributed by atoms with Crippen molar-refractivity contribution in [1.82, 2.24) is 10.2 Å². The van der Waals surface area contributed by atoms with Gasteiger partial charge in [0.25, 0.3) is 0 Å². The second-order valence-electron chi connectivity index (χ2n) is 6.63. The van der Waals surface area contributed by atoms with Crippen LogP contribution in [-0.4, -0.2) is 49.8 Å². The van der Waals surface area contributed by atoms with Crippen molar-refractivity contribution in [2.45, 2.75) is 57.6 Å². The summed E-state index contributed by atoms with van der Waals surface area (Å²) >= 11 is 0. The van der Waals surface area contributed by atoms with Crippen molar-refractivity contribution in [3.63, 3.8) is 0 Å². The van der Waals surface area contributed by atoms with Crippen molar-refractivity contribution in [3.05, 3.63) is 0 Å². The molecule has 2 saturated heterocycles. The second-order valence-corrected chi connectivity index (χ2v) is 6.63. The number of hydrogen-bond acceptors (Lipinski definition) is 3. The van der Waals surface area contributed by atoms with Crippen LogP contribution >= 0.6 is 0 Å². The summed E-state index contributed by atoms with van der Waals surface area (Å²) in [5, 5.41) is 3.27. The van der Waals surface area contributed by atoms with Crippen LogP contribution in [0.15, 0.2) is 0 Å². The first-order chi connectivity index (χ1) is 8.61. The molecule has 3 nitrogen and oxygen atoms in total. The molecule has 0 saturated carbocycles. The standard InChI is InChI=1S/C15H30N2O/c1-15(2)12-14(7-11-18-15)17-9-5-13(6-10-17)4-8-16-3/h13-14,16H,4-12H2,1-3H3. The third-order valence-corrected chi connectivity index (χ3v) is 4.64. The van der Waals surface area contributed by atoms with Gasteiger partial charge in [-0.2, -0.15) is 0 Å². The Kier molecular flexibility index (Phi) is 5.05. The van der Waals surface area contributed by atoms with Crippen LogP contribution in [0.3, 0.4) is 0 Å². The molecule has 2 fully saturated rings. The molecular weight excluding hydrogens is 224 g/mol. The third-order valence-electron chi connectivity index (χ3n) is 4.64. The van der Waals surface area contributed by atoms with E-state index in [2.05, 4.69) is 31.1 Å². The molecule has 0 spiro atoms. The number of piperidine rings is 1. The first-order valence-corrected chi connectivity index (χ1v) is 7.63. The minimum absolute atomic E-state index is 0.0892. The Morgan fingerprint density at radius 3 is 2.56 bits per heavy atom. The predicted octanol–water partition coefficient (Wildman–Crippen LogP) is 2.27. The summed E-state index contributed by atoms with van der Waals surface area (Å²) in [5.74, 6) is 0.946. The maximum atomic E-state index is 5.83. The van der Waals surface area contributed by atoms with Crippen molar-refractivity contribution >= 4 is 0 Å². The van der Waals surface area contributed by atoms with Crippen molar-refractivity contribution in [1.29, 1.82) is 0 Å². The number of nitrogens with zero attached hydrogens (tertiary/aromatic N) is 1. The molecule has 2 aliphatic heterocycles. The van der Waals surface area contributed by atoms with E-state index in [0.29, 0.717) is 0 Å². The fourth-order valence-corrected chi connectivity index (χ4v) is 3.47. The van der Waals surface area contributed by atoms with Gasteiger partial charge in [0, 0.05) is 12.6 Å². The highest BCUT2D eigenvalue weighted by atomic mass is 16.5. The fraction of sp³-hybridized carbons (Fsp3) is 1.00. The van der Waals surface area contributed by atoms with Crippen molar-refractivity contribution in [2.24, 2.45) is 5.92 Å². The number of rotatable bonds is 4. The molecule has 0 amide bonds. The molecule has 0 bridgehead atoms. The molecular formula is C15H30N2O. The highest BCUT2D eigenvalue weighted by molar-refractivity contribution is 4.87. The zero-order valence-electron chi connectivity index (χ0n) is 12.4. The van der Waals surface area contributed by atoms with E-state index in [-0.39, 0.29) is 5.60 Å². The maximum Gasteiger partial charge on any atom is 0.0641 e. The van der Waals surface area contributed by atoms with Crippen LogP contribution in [0.5, 0.6) is 0 Å². The van der Waals surface area contributed by atoms with E-state index < -0.39 is 0 Å². The van der Waals surface area contributed by atoms with Gasteiger partial charge in [0.2, 0.25) is 0 Å². The van der Waals surface area contributed by atoms with Gasteiger partial charge in [-0.15, -0.1) is 0 Å². The molecule has 106 valence electrons. The van der Waals surface area contributed by atoms with E-state index >= 15 is 0 Å². The topological polar surface area (TPSA) is 24.5 Å². The quantitative estimate of drug-likeness (QED) is 0.833. The molecule has 2 rings (SSSR count). The molecule has 0 radical (unpaired) electrons. The maximum absolute atomic E-state index is 5.83. The Morgan fingerprint density at radius 1 is 1.22 bits per heavy atom. The summed E-state index contributed by atoms with van der Waals surface area (Å²) in [6.07, 6.45) is 6.56. The number of likely N-dealkylation sites (tertiary alicyclic amines) is 1. The Morgan fingerprint density at radius 2 is 1.94 bits per heavy atom. The third kappa shape index (κ3) is 3.94. The SMILES string of the molecule is CNCCC1CCN(C2CCOC(C)(C)C2)CC1. The first kappa shape index (κ1) is 14.3. The molecule has 0 aromatic rings. The van der Waals surface area contributed by atoms with E-state index in [0.717, 1.165) is 18.6 Å². The molecule has 1 N–H and O–H groups in total. The Labute approximate surface area is 112 Å². The molecule has 0 aromatic heterocycles. The van der Waals surface area contributed by atoms with Gasteiger partial charge < -0.3 is 15.0 Å². The van der Waals surface area contributed by atoms with Crippen LogP contribution in [0.1, 0.15) is 46.0 Å². The summed E-state index contributed by atoms with van der Waals surface area (Å²) in [6, 6.07) is 0.763. The van der Waals surface area contributed by atoms with Crippen LogP contribution in [0, 0.1) is 5.92 Å². The zero-order valence-corrected chi connectivity index (χ0v) is 12.4. The highest BCUT2D eigenvalue weighted by Gasteiger charge is 2.33. The van der Waals surface area contributed by atoms with Crippen LogP contribution in [0.4, 0.5) is 0 Å². The summed E-state index contributed by atoms with van der Waals surface area (Å²) in [5.41, 5.74) is 0.0892. The summed E-state index contributed by atoms with van der Waals surface area (Å²) < 4.78 is 5.83. The van der Waals surface area contributed by atoms with Crippen molar-refractivity contribution in [2.75, 3.05) is 33.3 Å². The average molecular weight is 254 g/mol. The lowest BCUT2D eigenvalue weighted by Gasteiger charge is -2.44. The minimum Gasteiger partial charge on any atom is -0.375 e. The highest BCUT2D eigenvalue weighted by Crippen LogP contribution is 2.30. The van der Waals surface area contributed by atoms with Crippen LogP contribution in [0.2, 0.25) is 0 Å². The predicted molar refractivity (Wildman–Crippen MR) is 75.9 cm³/mol. The number of nitrogens with one attached hydrogen (secondary N) is 1. The smallest absolute Gasteiger partial charge is 0.0641 e. The lowest BCUT2D eigenvalue weighted by Crippen LogP contribution is -2.48. The van der Waals surface area contributed by atoms with Gasteiger partial charge >= 0.3 is 0 Å². The van der Waals surface area contributed by atoms with Crippen molar-refractivity contribution in [3.8, 4) is 0 Å². The molecule has 2 aliphatic rings. The van der Waals surface area contributed by atoms with Gasteiger partial charge in [-0.05, 0) is 78.6 Å². The van der Waals surface area contributed by atoms with Gasteiger partial charge in [-0.1, -0.05) is 0 Å². The fourth-order valence-electron chi connectivity index (χ4n) is 3.47. The zero-order chi connectivity index (χ0) is 13.0. The van der Waals surface area contributed by atoms with E-state index in [4.69, 9.17) is 4.74 Å². The monoisotopic (exact) mass is 254 g/mol. The van der Waals surface area contributed by atoms with Crippen LogP contribution in [0.25, 0.3) is 0 Å². The van der Waals surface area contributed by atoms with E-state index in [1.807, 2.05) is 0 Å². The van der Waals surface area contributed by atoms with Gasteiger partial charge in [0.05, 0.1) is 5.60 Å². The average Bonchev–Trinajstić information content (AvgIpc) is 2.36. The molecule has 18 heavy (non-hydrogen) atoms. The molecule has 3 heteroatoms. The Balaban J connectivity index is 1.75. The van der Waals surface area contributed by atoms with Crippen LogP contribution in [-0.2, 0) is 4.74 Å². The number of ether oxygens (including phenoxy) is 1. The molecule has 1 unspecified atom stereocenters. The van der Waals surface area contributed by atoms with E-state index in [1.165, 1.54) is 51.7 Å². The molecule has 0 aliphatic carbocycles. The molecule has 2 heterocycles. The number of hydrogen-bond donors (Lipinski definition) is 1. The van der Waals surface area contributed by atoms with Gasteiger partial charge in [-0.3, -0.25) is 0 Å². The second kappa shape index (κ2) is 6.36. The van der Waals surface area contributed by atoms with Gasteiger partial charge in [0.15, 0.2) is 0 Å². The minimum atomic E-state index is 0.0892. The van der Waals surface area contributed by atoms with E-state index in [1.54, 1.807) is 0 Å². The van der Waals surface area contributed by atoms with Crippen molar-refractivity contribution < 1.29 is 4.74 Å². The molecule has 0 aromatic carbocycles. The summed E-state index contributed by atoms with van der Waals surface area (Å²) in [6.45, 7) is 9.19. The summed E-state index contributed by atoms with van der Waals surface area (Å²) in [7, 11) is 2.05.